The lowest BCUT2D eigenvalue weighted by Gasteiger charge is -2.11. The van der Waals surface area contributed by atoms with E-state index in [2.05, 4.69) is 15.8 Å². The van der Waals surface area contributed by atoms with Crippen LogP contribution in [0.4, 0.5) is 15.8 Å². The number of nitrogens with zero attached hydrogens (tertiary/aromatic N) is 1. The molecule has 0 saturated heterocycles. The Kier molecular flexibility index (Phi) is 6.10. The predicted octanol–water partition coefficient (Wildman–Crippen LogP) is 4.63. The number of carbonyl (C=O) groups is 2. The average Bonchev–Trinajstić information content (AvgIpc) is 3.08. The minimum Gasteiger partial charge on any atom is -0.360 e. The van der Waals surface area contributed by atoms with Crippen LogP contribution in [0.1, 0.15) is 28.7 Å². The predicted molar refractivity (Wildman–Crippen MR) is 106 cm³/mol. The number of halogens is 1. The van der Waals surface area contributed by atoms with E-state index in [-0.39, 0.29) is 11.6 Å². The van der Waals surface area contributed by atoms with Gasteiger partial charge in [-0.3, -0.25) is 9.59 Å². The number of hydrogen-bond donors (Lipinski definition) is 2. The van der Waals surface area contributed by atoms with Gasteiger partial charge in [0.2, 0.25) is 5.91 Å². The van der Waals surface area contributed by atoms with E-state index in [0.717, 1.165) is 16.3 Å². The maximum absolute atomic E-state index is 13.8. The van der Waals surface area contributed by atoms with Crippen LogP contribution < -0.4 is 10.6 Å². The summed E-state index contributed by atoms with van der Waals surface area (Å²) in [6, 6.07) is 13.0. The van der Waals surface area contributed by atoms with Crippen LogP contribution in [0.25, 0.3) is 0 Å². The molecule has 3 aromatic rings. The van der Waals surface area contributed by atoms with Crippen LogP contribution in [0.15, 0.2) is 57.9 Å². The third kappa shape index (κ3) is 4.98. The molecule has 28 heavy (non-hydrogen) atoms. The summed E-state index contributed by atoms with van der Waals surface area (Å²) < 4.78 is 19.0. The van der Waals surface area contributed by atoms with Crippen LogP contribution in [0.3, 0.4) is 0 Å². The Morgan fingerprint density at radius 3 is 2.64 bits per heavy atom. The maximum atomic E-state index is 13.8. The molecule has 0 saturated carbocycles. The number of amides is 2. The average molecular weight is 399 g/mol. The van der Waals surface area contributed by atoms with E-state index in [1.807, 2.05) is 25.1 Å². The number of anilines is 2. The first-order valence-corrected chi connectivity index (χ1v) is 9.43. The first kappa shape index (κ1) is 19.6. The minimum atomic E-state index is -0.577. The lowest BCUT2D eigenvalue weighted by molar-refractivity contribution is -0.114. The highest BCUT2D eigenvalue weighted by Gasteiger charge is 2.14. The van der Waals surface area contributed by atoms with E-state index >= 15 is 0 Å². The summed E-state index contributed by atoms with van der Waals surface area (Å²) in [5, 5.41) is 8.98. The molecule has 0 aliphatic carbocycles. The van der Waals surface area contributed by atoms with Crippen molar-refractivity contribution in [1.82, 2.24) is 5.16 Å². The van der Waals surface area contributed by atoms with Gasteiger partial charge < -0.3 is 15.2 Å². The van der Waals surface area contributed by atoms with Crippen molar-refractivity contribution in [3.05, 3.63) is 71.4 Å². The standard InChI is InChI=1S/C20H18FN3O3S/c1-12-9-15(27-24-12)11-28-19-6-4-3-5-16(19)20(26)23-14-7-8-17(21)18(10-14)22-13(2)25/h3-10H,11H2,1-2H3,(H,22,25)(H,23,26). The zero-order chi connectivity index (χ0) is 20.1. The van der Waals surface area contributed by atoms with Gasteiger partial charge in [-0.05, 0) is 37.3 Å². The van der Waals surface area contributed by atoms with Crippen molar-refractivity contribution >= 4 is 35.0 Å². The molecule has 0 radical (unpaired) electrons. The van der Waals surface area contributed by atoms with Crippen molar-refractivity contribution in [3.8, 4) is 0 Å². The molecule has 0 spiro atoms. The number of nitrogens with one attached hydrogen (secondary N) is 2. The van der Waals surface area contributed by atoms with E-state index in [1.165, 1.54) is 36.9 Å². The Bertz CT molecular complexity index is 1020. The summed E-state index contributed by atoms with van der Waals surface area (Å²) in [5.41, 5.74) is 1.66. The number of benzene rings is 2. The topological polar surface area (TPSA) is 84.2 Å². The first-order valence-electron chi connectivity index (χ1n) is 8.45. The largest absolute Gasteiger partial charge is 0.360 e. The Morgan fingerprint density at radius 1 is 1.14 bits per heavy atom. The molecule has 3 rings (SSSR count). The fourth-order valence-electron chi connectivity index (χ4n) is 2.50. The van der Waals surface area contributed by atoms with E-state index in [9.17, 15) is 14.0 Å². The van der Waals surface area contributed by atoms with Gasteiger partial charge in [0.15, 0.2) is 0 Å². The highest BCUT2D eigenvalue weighted by molar-refractivity contribution is 7.98. The molecule has 0 unspecified atom stereocenters. The lowest BCUT2D eigenvalue weighted by atomic mass is 10.2. The molecule has 0 bridgehead atoms. The van der Waals surface area contributed by atoms with E-state index < -0.39 is 11.7 Å². The van der Waals surface area contributed by atoms with Gasteiger partial charge in [0, 0.05) is 23.6 Å². The SMILES string of the molecule is CC(=O)Nc1cc(NC(=O)c2ccccc2SCc2cc(C)no2)ccc1F. The first-order chi connectivity index (χ1) is 13.4. The summed E-state index contributed by atoms with van der Waals surface area (Å²) in [4.78, 5) is 24.7. The molecule has 1 aromatic heterocycles. The van der Waals surface area contributed by atoms with Crippen LogP contribution in [-0.4, -0.2) is 17.0 Å². The second kappa shape index (κ2) is 8.71. The molecule has 2 amide bonds. The van der Waals surface area contributed by atoms with E-state index in [1.54, 1.807) is 12.1 Å². The molecule has 0 aliphatic rings. The molecular weight excluding hydrogens is 381 g/mol. The smallest absolute Gasteiger partial charge is 0.256 e. The van der Waals surface area contributed by atoms with Crippen molar-refractivity contribution in [1.29, 1.82) is 0 Å². The Labute approximate surface area is 165 Å². The summed E-state index contributed by atoms with van der Waals surface area (Å²) >= 11 is 1.45. The highest BCUT2D eigenvalue weighted by Crippen LogP contribution is 2.28. The summed E-state index contributed by atoms with van der Waals surface area (Å²) in [7, 11) is 0. The molecule has 0 aliphatic heterocycles. The Balaban J connectivity index is 1.75. The van der Waals surface area contributed by atoms with Gasteiger partial charge in [-0.1, -0.05) is 17.3 Å². The Morgan fingerprint density at radius 2 is 1.93 bits per heavy atom. The normalized spacial score (nSPS) is 10.5. The van der Waals surface area contributed by atoms with Crippen molar-refractivity contribution in [3.63, 3.8) is 0 Å². The molecule has 0 fully saturated rings. The van der Waals surface area contributed by atoms with Crippen LogP contribution in [0, 0.1) is 12.7 Å². The number of thioether (sulfide) groups is 1. The number of aromatic nitrogens is 1. The minimum absolute atomic E-state index is 0.00801. The highest BCUT2D eigenvalue weighted by atomic mass is 32.2. The van der Waals surface area contributed by atoms with Gasteiger partial charge in [0.05, 0.1) is 22.7 Å². The van der Waals surface area contributed by atoms with Crippen molar-refractivity contribution in [2.24, 2.45) is 0 Å². The molecule has 2 aromatic carbocycles. The molecule has 0 atom stereocenters. The summed E-state index contributed by atoms with van der Waals surface area (Å²) in [6.45, 7) is 3.13. The van der Waals surface area contributed by atoms with Gasteiger partial charge >= 0.3 is 0 Å². The maximum Gasteiger partial charge on any atom is 0.256 e. The Hall–Kier alpha value is -3.13. The summed E-state index contributed by atoms with van der Waals surface area (Å²) in [5.74, 6) is -0.0549. The zero-order valence-corrected chi connectivity index (χ0v) is 16.1. The second-order valence-electron chi connectivity index (χ2n) is 6.05. The van der Waals surface area contributed by atoms with Crippen molar-refractivity contribution in [2.75, 3.05) is 10.6 Å². The van der Waals surface area contributed by atoms with E-state index in [4.69, 9.17) is 4.52 Å². The van der Waals surface area contributed by atoms with Crippen LogP contribution >= 0.6 is 11.8 Å². The molecule has 144 valence electrons. The third-order valence-corrected chi connectivity index (χ3v) is 4.81. The van der Waals surface area contributed by atoms with E-state index in [0.29, 0.717) is 17.0 Å². The number of rotatable bonds is 6. The lowest BCUT2D eigenvalue weighted by Crippen LogP contribution is -2.14. The third-order valence-electron chi connectivity index (χ3n) is 3.71. The van der Waals surface area contributed by atoms with Crippen LogP contribution in [0.2, 0.25) is 0 Å². The zero-order valence-electron chi connectivity index (χ0n) is 15.3. The van der Waals surface area contributed by atoms with Gasteiger partial charge in [0.25, 0.3) is 5.91 Å². The van der Waals surface area contributed by atoms with Gasteiger partial charge in [-0.2, -0.15) is 0 Å². The van der Waals surface area contributed by atoms with Crippen molar-refractivity contribution < 1.29 is 18.5 Å². The van der Waals surface area contributed by atoms with Gasteiger partial charge in [0.1, 0.15) is 11.6 Å². The molecule has 2 N–H and O–H groups in total. The van der Waals surface area contributed by atoms with Crippen molar-refractivity contribution in [2.45, 2.75) is 24.5 Å². The number of hydrogen-bond acceptors (Lipinski definition) is 5. The molecular formula is C20H18FN3O3S. The number of carbonyl (C=O) groups excluding carboxylic acids is 2. The van der Waals surface area contributed by atoms with Crippen LogP contribution in [0.5, 0.6) is 0 Å². The number of aryl methyl sites for hydroxylation is 1. The van der Waals surface area contributed by atoms with Gasteiger partial charge in [-0.15, -0.1) is 11.8 Å². The summed E-state index contributed by atoms with van der Waals surface area (Å²) in [6.07, 6.45) is 0. The quantitative estimate of drug-likeness (QED) is 0.591. The fourth-order valence-corrected chi connectivity index (χ4v) is 3.43. The molecule has 6 nitrogen and oxygen atoms in total. The monoisotopic (exact) mass is 399 g/mol. The van der Waals surface area contributed by atoms with Crippen LogP contribution in [-0.2, 0) is 10.5 Å². The molecule has 8 heteroatoms. The van der Waals surface area contributed by atoms with Gasteiger partial charge in [-0.25, -0.2) is 4.39 Å². The second-order valence-corrected chi connectivity index (χ2v) is 7.07. The molecule has 1 heterocycles. The fraction of sp³-hybridized carbons (Fsp3) is 0.150.